The summed E-state index contributed by atoms with van der Waals surface area (Å²) in [5, 5.41) is 3.75. The van der Waals surface area contributed by atoms with Crippen molar-refractivity contribution in [3.05, 3.63) is 0 Å². The Morgan fingerprint density at radius 2 is 2.15 bits per heavy atom. The molecule has 20 heavy (non-hydrogen) atoms. The van der Waals surface area contributed by atoms with Crippen molar-refractivity contribution in [3.8, 4) is 0 Å². The molecule has 0 spiro atoms. The molecular formula is C16H30N2O2. The Bertz CT molecular complexity index is 301. The lowest BCUT2D eigenvalue weighted by Crippen LogP contribution is -2.50. The van der Waals surface area contributed by atoms with E-state index in [1.54, 1.807) is 0 Å². The van der Waals surface area contributed by atoms with E-state index in [1.165, 1.54) is 38.8 Å². The molecule has 1 aliphatic carbocycles. The van der Waals surface area contributed by atoms with Gasteiger partial charge in [0.15, 0.2) is 0 Å². The molecule has 0 amide bonds. The third kappa shape index (κ3) is 4.17. The predicted octanol–water partition coefficient (Wildman–Crippen LogP) is 1.65. The number of ether oxygens (including phenoxy) is 2. The summed E-state index contributed by atoms with van der Waals surface area (Å²) in [6.07, 6.45) is 6.79. The summed E-state index contributed by atoms with van der Waals surface area (Å²) >= 11 is 0. The zero-order valence-electron chi connectivity index (χ0n) is 12.9. The van der Waals surface area contributed by atoms with Crippen LogP contribution < -0.4 is 5.32 Å². The Kier molecular flexibility index (Phi) is 4.97. The molecule has 0 aromatic heterocycles. The normalized spacial score (nSPS) is 36.8. The van der Waals surface area contributed by atoms with Crippen LogP contribution in [0, 0.1) is 5.41 Å². The monoisotopic (exact) mass is 282 g/mol. The molecule has 2 unspecified atom stereocenters. The van der Waals surface area contributed by atoms with Gasteiger partial charge in [-0.2, -0.15) is 0 Å². The molecule has 2 saturated heterocycles. The standard InChI is InChI=1S/C16H30N2O2/c1-14-10-18(7-3-9-20-14)12-16(6-2-8-19-13-16)11-17-15-4-5-15/h14-15,17H,2-13H2,1H3. The fraction of sp³-hybridized carbons (Fsp3) is 1.00. The molecule has 0 aromatic rings. The molecule has 1 N–H and O–H groups in total. The van der Waals surface area contributed by atoms with Crippen molar-refractivity contribution in [1.29, 1.82) is 0 Å². The average Bonchev–Trinajstić information content (AvgIpc) is 3.27. The molecule has 2 aliphatic heterocycles. The molecule has 3 rings (SSSR count). The number of nitrogens with one attached hydrogen (secondary N) is 1. The third-order valence-electron chi connectivity index (χ3n) is 4.84. The van der Waals surface area contributed by atoms with E-state index >= 15 is 0 Å². The van der Waals surface area contributed by atoms with Crippen LogP contribution in [0.15, 0.2) is 0 Å². The molecule has 4 heteroatoms. The molecule has 0 bridgehead atoms. The van der Waals surface area contributed by atoms with Crippen LogP contribution >= 0.6 is 0 Å². The fourth-order valence-electron chi connectivity index (χ4n) is 3.58. The molecule has 3 aliphatic rings. The van der Waals surface area contributed by atoms with Gasteiger partial charge in [-0.1, -0.05) is 0 Å². The first-order valence-electron chi connectivity index (χ1n) is 8.41. The van der Waals surface area contributed by atoms with E-state index in [0.717, 1.165) is 45.4 Å². The maximum Gasteiger partial charge on any atom is 0.0673 e. The highest BCUT2D eigenvalue weighted by Gasteiger charge is 2.37. The SMILES string of the molecule is CC1CN(CC2(CNC3CC3)CCCOC2)CCCO1. The fourth-order valence-corrected chi connectivity index (χ4v) is 3.58. The number of rotatable bonds is 5. The zero-order chi connectivity index (χ0) is 13.8. The van der Waals surface area contributed by atoms with Gasteiger partial charge >= 0.3 is 0 Å². The highest BCUT2D eigenvalue weighted by molar-refractivity contribution is 4.91. The minimum absolute atomic E-state index is 0.324. The van der Waals surface area contributed by atoms with Crippen LogP contribution in [-0.4, -0.2) is 63.0 Å². The highest BCUT2D eigenvalue weighted by Crippen LogP contribution is 2.31. The maximum atomic E-state index is 5.84. The summed E-state index contributed by atoms with van der Waals surface area (Å²) < 4.78 is 11.6. The second-order valence-corrected chi connectivity index (χ2v) is 7.08. The molecule has 4 nitrogen and oxygen atoms in total. The van der Waals surface area contributed by atoms with Crippen LogP contribution in [0.4, 0.5) is 0 Å². The predicted molar refractivity (Wildman–Crippen MR) is 80.0 cm³/mol. The Labute approximate surface area is 123 Å². The second-order valence-electron chi connectivity index (χ2n) is 7.08. The smallest absolute Gasteiger partial charge is 0.0673 e. The first kappa shape index (κ1) is 14.8. The van der Waals surface area contributed by atoms with E-state index < -0.39 is 0 Å². The summed E-state index contributed by atoms with van der Waals surface area (Å²) in [5.41, 5.74) is 0.324. The van der Waals surface area contributed by atoms with Crippen molar-refractivity contribution >= 4 is 0 Å². The van der Waals surface area contributed by atoms with Gasteiger partial charge in [0.25, 0.3) is 0 Å². The topological polar surface area (TPSA) is 33.7 Å². The van der Waals surface area contributed by atoms with Crippen molar-refractivity contribution < 1.29 is 9.47 Å². The highest BCUT2D eigenvalue weighted by atomic mass is 16.5. The minimum Gasteiger partial charge on any atom is -0.381 e. The number of hydrogen-bond acceptors (Lipinski definition) is 4. The van der Waals surface area contributed by atoms with E-state index in [1.807, 2.05) is 0 Å². The van der Waals surface area contributed by atoms with Crippen LogP contribution in [0.5, 0.6) is 0 Å². The molecule has 3 fully saturated rings. The number of nitrogens with zero attached hydrogens (tertiary/aromatic N) is 1. The minimum atomic E-state index is 0.324. The van der Waals surface area contributed by atoms with Crippen molar-refractivity contribution in [2.75, 3.05) is 46.0 Å². The summed E-state index contributed by atoms with van der Waals surface area (Å²) in [6.45, 7) is 9.54. The van der Waals surface area contributed by atoms with Gasteiger partial charge in [-0.3, -0.25) is 4.90 Å². The van der Waals surface area contributed by atoms with Gasteiger partial charge in [0, 0.05) is 50.8 Å². The van der Waals surface area contributed by atoms with E-state index in [4.69, 9.17) is 9.47 Å². The van der Waals surface area contributed by atoms with Gasteiger partial charge in [0.2, 0.25) is 0 Å². The first-order chi connectivity index (χ1) is 9.76. The lowest BCUT2D eigenvalue weighted by molar-refractivity contribution is -0.0295. The molecule has 2 atom stereocenters. The first-order valence-corrected chi connectivity index (χ1v) is 8.41. The van der Waals surface area contributed by atoms with Gasteiger partial charge < -0.3 is 14.8 Å². The average molecular weight is 282 g/mol. The lowest BCUT2D eigenvalue weighted by atomic mass is 9.81. The second kappa shape index (κ2) is 6.73. The maximum absolute atomic E-state index is 5.84. The van der Waals surface area contributed by atoms with E-state index in [2.05, 4.69) is 17.1 Å². The Morgan fingerprint density at radius 3 is 2.90 bits per heavy atom. The van der Waals surface area contributed by atoms with Crippen LogP contribution in [-0.2, 0) is 9.47 Å². The molecule has 116 valence electrons. The molecule has 2 heterocycles. The Morgan fingerprint density at radius 1 is 1.25 bits per heavy atom. The summed E-state index contributed by atoms with van der Waals surface area (Å²) in [5.74, 6) is 0. The van der Waals surface area contributed by atoms with E-state index in [9.17, 15) is 0 Å². The summed E-state index contributed by atoms with van der Waals surface area (Å²) in [4.78, 5) is 2.61. The quantitative estimate of drug-likeness (QED) is 0.831. The van der Waals surface area contributed by atoms with Crippen molar-refractivity contribution in [3.63, 3.8) is 0 Å². The summed E-state index contributed by atoms with van der Waals surface area (Å²) in [7, 11) is 0. The molecular weight excluding hydrogens is 252 g/mol. The Hall–Kier alpha value is -0.160. The number of hydrogen-bond donors (Lipinski definition) is 1. The van der Waals surface area contributed by atoms with Crippen molar-refractivity contribution in [1.82, 2.24) is 10.2 Å². The van der Waals surface area contributed by atoms with Crippen LogP contribution in [0.2, 0.25) is 0 Å². The third-order valence-corrected chi connectivity index (χ3v) is 4.84. The van der Waals surface area contributed by atoms with Gasteiger partial charge in [-0.25, -0.2) is 0 Å². The van der Waals surface area contributed by atoms with Gasteiger partial charge in [-0.05, 0) is 39.0 Å². The van der Waals surface area contributed by atoms with Gasteiger partial charge in [-0.15, -0.1) is 0 Å². The molecule has 0 aromatic carbocycles. The van der Waals surface area contributed by atoms with Crippen LogP contribution in [0.3, 0.4) is 0 Å². The van der Waals surface area contributed by atoms with E-state index in [-0.39, 0.29) is 0 Å². The largest absolute Gasteiger partial charge is 0.381 e. The van der Waals surface area contributed by atoms with Crippen LogP contribution in [0.25, 0.3) is 0 Å². The van der Waals surface area contributed by atoms with Gasteiger partial charge in [0.1, 0.15) is 0 Å². The Balaban J connectivity index is 1.58. The van der Waals surface area contributed by atoms with Gasteiger partial charge in [0.05, 0.1) is 12.7 Å². The lowest BCUT2D eigenvalue weighted by Gasteiger charge is -2.41. The zero-order valence-corrected chi connectivity index (χ0v) is 12.9. The van der Waals surface area contributed by atoms with E-state index in [0.29, 0.717) is 11.5 Å². The van der Waals surface area contributed by atoms with Crippen LogP contribution in [0.1, 0.15) is 39.0 Å². The van der Waals surface area contributed by atoms with Crippen molar-refractivity contribution in [2.24, 2.45) is 5.41 Å². The summed E-state index contributed by atoms with van der Waals surface area (Å²) in [6, 6.07) is 0.792. The molecule has 0 radical (unpaired) electrons. The van der Waals surface area contributed by atoms with Crippen molar-refractivity contribution in [2.45, 2.75) is 51.2 Å². The molecule has 1 saturated carbocycles.